The highest BCUT2D eigenvalue weighted by Crippen LogP contribution is 2.14. The van der Waals surface area contributed by atoms with Crippen molar-refractivity contribution < 1.29 is 4.79 Å². The second-order valence-electron chi connectivity index (χ2n) is 4.44. The molecule has 0 aliphatic heterocycles. The van der Waals surface area contributed by atoms with Crippen molar-refractivity contribution in [2.45, 2.75) is 6.54 Å². The van der Waals surface area contributed by atoms with Crippen LogP contribution in [0, 0.1) is 0 Å². The Morgan fingerprint density at radius 2 is 2.00 bits per heavy atom. The van der Waals surface area contributed by atoms with Crippen LogP contribution in [0.25, 0.3) is 5.52 Å². The second kappa shape index (κ2) is 5.14. The Balaban J connectivity index is 1.85. The minimum absolute atomic E-state index is 0.174. The summed E-state index contributed by atoms with van der Waals surface area (Å²) >= 11 is 0. The first-order chi connectivity index (χ1) is 9.78. The van der Waals surface area contributed by atoms with Crippen LogP contribution in [-0.2, 0) is 6.54 Å². The number of carbonyl (C=O) groups excluding carboxylic acids is 1. The number of aromatic nitrogens is 2. The average molecular weight is 266 g/mol. The van der Waals surface area contributed by atoms with E-state index < -0.39 is 0 Å². The molecule has 1 aromatic carbocycles. The molecule has 0 bridgehead atoms. The van der Waals surface area contributed by atoms with Crippen molar-refractivity contribution in [2.75, 3.05) is 5.32 Å². The van der Waals surface area contributed by atoms with Gasteiger partial charge in [0.25, 0.3) is 5.91 Å². The molecule has 5 nitrogen and oxygen atoms in total. The number of benzene rings is 1. The first-order valence-electron chi connectivity index (χ1n) is 6.30. The first-order valence-corrected chi connectivity index (χ1v) is 6.30. The summed E-state index contributed by atoms with van der Waals surface area (Å²) in [6, 6.07) is 13.1. The third kappa shape index (κ3) is 2.26. The Morgan fingerprint density at radius 1 is 1.20 bits per heavy atom. The standard InChI is InChI=1S/C15H14N4O/c16-9-11-4-6-12(7-5-11)18-15(20)13-10-17-19-8-2-1-3-14(13)19/h1-8,10H,9,16H2,(H,18,20). The maximum atomic E-state index is 12.3. The molecular formula is C15H14N4O. The van der Waals surface area contributed by atoms with Gasteiger partial charge in [-0.25, -0.2) is 4.52 Å². The predicted octanol–water partition coefficient (Wildman–Crippen LogP) is 2.05. The van der Waals surface area contributed by atoms with Gasteiger partial charge in [0.15, 0.2) is 0 Å². The number of rotatable bonds is 3. The van der Waals surface area contributed by atoms with Crippen molar-refractivity contribution in [3.8, 4) is 0 Å². The van der Waals surface area contributed by atoms with Gasteiger partial charge in [-0.1, -0.05) is 18.2 Å². The molecule has 3 N–H and O–H groups in total. The molecule has 0 unspecified atom stereocenters. The number of fused-ring (bicyclic) bond motifs is 1. The number of hydrogen-bond donors (Lipinski definition) is 2. The Kier molecular flexibility index (Phi) is 3.18. The van der Waals surface area contributed by atoms with Crippen LogP contribution >= 0.6 is 0 Å². The van der Waals surface area contributed by atoms with Gasteiger partial charge in [0, 0.05) is 18.4 Å². The van der Waals surface area contributed by atoms with E-state index in [0.29, 0.717) is 12.1 Å². The molecule has 0 radical (unpaired) electrons. The van der Waals surface area contributed by atoms with Crippen LogP contribution in [0.2, 0.25) is 0 Å². The fourth-order valence-corrected chi connectivity index (χ4v) is 2.03. The summed E-state index contributed by atoms with van der Waals surface area (Å²) in [7, 11) is 0. The smallest absolute Gasteiger partial charge is 0.259 e. The normalized spacial score (nSPS) is 10.7. The van der Waals surface area contributed by atoms with Crippen molar-refractivity contribution >= 4 is 17.1 Å². The molecule has 0 aliphatic rings. The fraction of sp³-hybridized carbons (Fsp3) is 0.0667. The Hall–Kier alpha value is -2.66. The van der Waals surface area contributed by atoms with Crippen LogP contribution < -0.4 is 11.1 Å². The van der Waals surface area contributed by atoms with E-state index in [1.165, 1.54) is 0 Å². The van der Waals surface area contributed by atoms with Gasteiger partial charge in [-0.15, -0.1) is 0 Å². The van der Waals surface area contributed by atoms with E-state index in [1.807, 2.05) is 48.7 Å². The molecule has 0 atom stereocenters. The SMILES string of the molecule is NCc1ccc(NC(=O)c2cnn3ccccc23)cc1. The lowest BCUT2D eigenvalue weighted by Gasteiger charge is -2.05. The number of pyridine rings is 1. The van der Waals surface area contributed by atoms with E-state index in [-0.39, 0.29) is 5.91 Å². The van der Waals surface area contributed by atoms with Crippen LogP contribution in [0.1, 0.15) is 15.9 Å². The summed E-state index contributed by atoms with van der Waals surface area (Å²) in [5.74, 6) is -0.174. The van der Waals surface area contributed by atoms with E-state index in [9.17, 15) is 4.79 Å². The van der Waals surface area contributed by atoms with Crippen LogP contribution in [0.4, 0.5) is 5.69 Å². The molecule has 2 aromatic heterocycles. The first kappa shape index (κ1) is 12.4. The predicted molar refractivity (Wildman–Crippen MR) is 77.5 cm³/mol. The molecule has 1 amide bonds. The molecule has 100 valence electrons. The molecule has 0 spiro atoms. The lowest BCUT2D eigenvalue weighted by Crippen LogP contribution is -2.11. The number of anilines is 1. The van der Waals surface area contributed by atoms with Gasteiger partial charge in [-0.3, -0.25) is 4.79 Å². The van der Waals surface area contributed by atoms with Gasteiger partial charge >= 0.3 is 0 Å². The number of carbonyl (C=O) groups is 1. The molecule has 5 heteroatoms. The fourth-order valence-electron chi connectivity index (χ4n) is 2.03. The van der Waals surface area contributed by atoms with Gasteiger partial charge in [0.05, 0.1) is 17.3 Å². The van der Waals surface area contributed by atoms with E-state index >= 15 is 0 Å². The molecule has 0 saturated carbocycles. The lowest BCUT2D eigenvalue weighted by atomic mass is 10.2. The molecule has 0 aliphatic carbocycles. The van der Waals surface area contributed by atoms with Crippen LogP contribution in [0.15, 0.2) is 54.9 Å². The number of nitrogens with zero attached hydrogens (tertiary/aromatic N) is 2. The number of nitrogens with one attached hydrogen (secondary N) is 1. The lowest BCUT2D eigenvalue weighted by molar-refractivity contribution is 0.102. The van der Waals surface area contributed by atoms with E-state index in [2.05, 4.69) is 10.4 Å². The third-order valence-electron chi connectivity index (χ3n) is 3.12. The quantitative estimate of drug-likeness (QED) is 0.762. The Morgan fingerprint density at radius 3 is 2.75 bits per heavy atom. The summed E-state index contributed by atoms with van der Waals surface area (Å²) < 4.78 is 1.67. The largest absolute Gasteiger partial charge is 0.326 e. The van der Waals surface area contributed by atoms with E-state index in [1.54, 1.807) is 10.7 Å². The van der Waals surface area contributed by atoms with Crippen LogP contribution in [0.5, 0.6) is 0 Å². The zero-order valence-electron chi connectivity index (χ0n) is 10.8. The molecule has 20 heavy (non-hydrogen) atoms. The van der Waals surface area contributed by atoms with E-state index in [0.717, 1.165) is 16.8 Å². The molecule has 0 fully saturated rings. The average Bonchev–Trinajstić information content (AvgIpc) is 2.92. The highest BCUT2D eigenvalue weighted by atomic mass is 16.1. The highest BCUT2D eigenvalue weighted by Gasteiger charge is 2.12. The number of nitrogens with two attached hydrogens (primary N) is 1. The third-order valence-corrected chi connectivity index (χ3v) is 3.12. The number of amides is 1. The van der Waals surface area contributed by atoms with Gasteiger partial charge in [0.2, 0.25) is 0 Å². The minimum atomic E-state index is -0.174. The molecule has 3 rings (SSSR count). The topological polar surface area (TPSA) is 72.4 Å². The molecule has 3 aromatic rings. The number of hydrogen-bond acceptors (Lipinski definition) is 3. The molecule has 0 saturated heterocycles. The van der Waals surface area contributed by atoms with Crippen molar-refractivity contribution in [3.05, 3.63) is 66.0 Å². The summed E-state index contributed by atoms with van der Waals surface area (Å²) in [6.45, 7) is 0.488. The van der Waals surface area contributed by atoms with E-state index in [4.69, 9.17) is 5.73 Å². The summed E-state index contributed by atoms with van der Waals surface area (Å²) in [5.41, 5.74) is 8.64. The second-order valence-corrected chi connectivity index (χ2v) is 4.44. The van der Waals surface area contributed by atoms with Crippen molar-refractivity contribution in [2.24, 2.45) is 5.73 Å². The monoisotopic (exact) mass is 266 g/mol. The van der Waals surface area contributed by atoms with Crippen LogP contribution in [0.3, 0.4) is 0 Å². The van der Waals surface area contributed by atoms with Gasteiger partial charge < -0.3 is 11.1 Å². The van der Waals surface area contributed by atoms with Crippen molar-refractivity contribution in [3.63, 3.8) is 0 Å². The highest BCUT2D eigenvalue weighted by molar-refractivity contribution is 6.08. The maximum Gasteiger partial charge on any atom is 0.259 e. The van der Waals surface area contributed by atoms with Crippen LogP contribution in [-0.4, -0.2) is 15.5 Å². The minimum Gasteiger partial charge on any atom is -0.326 e. The van der Waals surface area contributed by atoms with Gasteiger partial charge in [-0.05, 0) is 29.8 Å². The van der Waals surface area contributed by atoms with Crippen molar-refractivity contribution in [1.29, 1.82) is 0 Å². The van der Waals surface area contributed by atoms with Gasteiger partial charge in [0.1, 0.15) is 0 Å². The van der Waals surface area contributed by atoms with Gasteiger partial charge in [-0.2, -0.15) is 5.10 Å². The molecule has 2 heterocycles. The maximum absolute atomic E-state index is 12.3. The summed E-state index contributed by atoms with van der Waals surface area (Å²) in [4.78, 5) is 12.3. The Labute approximate surface area is 116 Å². The zero-order valence-corrected chi connectivity index (χ0v) is 10.8. The molecular weight excluding hydrogens is 252 g/mol. The summed E-state index contributed by atoms with van der Waals surface area (Å²) in [5, 5.41) is 7.00. The Bertz CT molecular complexity index is 746. The van der Waals surface area contributed by atoms with Crippen molar-refractivity contribution in [1.82, 2.24) is 9.61 Å². The summed E-state index contributed by atoms with van der Waals surface area (Å²) in [6.07, 6.45) is 3.38. The zero-order chi connectivity index (χ0) is 13.9.